The Kier molecular flexibility index (Phi) is 9.73. The summed E-state index contributed by atoms with van der Waals surface area (Å²) < 4.78 is 41.9. The van der Waals surface area contributed by atoms with Gasteiger partial charge in [-0.15, -0.1) is 0 Å². The van der Waals surface area contributed by atoms with Crippen LogP contribution in [0.5, 0.6) is 0 Å². The predicted molar refractivity (Wildman–Crippen MR) is 187 cm³/mol. The Bertz CT molecular complexity index is 1900. The van der Waals surface area contributed by atoms with Crippen LogP contribution in [0.4, 0.5) is 13.2 Å². The van der Waals surface area contributed by atoms with Crippen molar-refractivity contribution in [1.82, 2.24) is 25.1 Å². The fourth-order valence-electron chi connectivity index (χ4n) is 7.33. The van der Waals surface area contributed by atoms with Gasteiger partial charge in [0, 0.05) is 53.6 Å². The molecule has 0 atom stereocenters. The molecule has 2 aromatic heterocycles. The van der Waals surface area contributed by atoms with Gasteiger partial charge < -0.3 is 10.2 Å². The third kappa shape index (κ3) is 7.53. The number of rotatable bonds is 8. The molecule has 0 saturated carbocycles. The second kappa shape index (κ2) is 14.5. The van der Waals surface area contributed by atoms with Crippen molar-refractivity contribution in [3.05, 3.63) is 120 Å². The number of benzene rings is 3. The number of likely N-dealkylation sites (tertiary alicyclic amines) is 2. The quantitative estimate of drug-likeness (QED) is 0.181. The third-order valence-electron chi connectivity index (χ3n) is 9.91. The zero-order valence-corrected chi connectivity index (χ0v) is 27.4. The lowest BCUT2D eigenvalue weighted by Gasteiger charge is -2.40. The highest BCUT2D eigenvalue weighted by atomic mass is 19.4. The first kappa shape index (κ1) is 32.9. The highest BCUT2D eigenvalue weighted by Crippen LogP contribution is 2.37. The van der Waals surface area contributed by atoms with Gasteiger partial charge >= 0.3 is 6.18 Å². The van der Waals surface area contributed by atoms with Crippen LogP contribution >= 0.6 is 0 Å². The molecule has 5 aromatic rings. The lowest BCUT2D eigenvalue weighted by atomic mass is 9.92. The van der Waals surface area contributed by atoms with Crippen molar-refractivity contribution in [2.24, 2.45) is 0 Å². The molecule has 0 radical (unpaired) electrons. The average molecular weight is 664 g/mol. The van der Waals surface area contributed by atoms with E-state index < -0.39 is 11.7 Å². The van der Waals surface area contributed by atoms with Crippen molar-refractivity contribution in [2.75, 3.05) is 26.2 Å². The van der Waals surface area contributed by atoms with Gasteiger partial charge in [0.1, 0.15) is 0 Å². The second-order valence-electron chi connectivity index (χ2n) is 13.1. The fourth-order valence-corrected chi connectivity index (χ4v) is 7.33. The van der Waals surface area contributed by atoms with Crippen LogP contribution in [0.3, 0.4) is 0 Å². The third-order valence-corrected chi connectivity index (χ3v) is 9.91. The van der Waals surface area contributed by atoms with Crippen molar-refractivity contribution in [2.45, 2.75) is 57.4 Å². The van der Waals surface area contributed by atoms with Crippen molar-refractivity contribution < 1.29 is 18.0 Å². The van der Waals surface area contributed by atoms with Crippen LogP contribution in [0.2, 0.25) is 0 Å². The first-order valence-electron chi connectivity index (χ1n) is 17.2. The lowest BCUT2D eigenvalue weighted by molar-refractivity contribution is -0.137. The monoisotopic (exact) mass is 663 g/mol. The number of piperidine rings is 2. The maximum Gasteiger partial charge on any atom is 0.416 e. The molecule has 4 heterocycles. The number of amides is 1. The van der Waals surface area contributed by atoms with Gasteiger partial charge in [-0.25, -0.2) is 4.98 Å². The summed E-state index contributed by atoms with van der Waals surface area (Å²) in [6, 6.07) is 25.0. The van der Waals surface area contributed by atoms with E-state index >= 15 is 0 Å². The van der Waals surface area contributed by atoms with Crippen molar-refractivity contribution >= 4 is 16.8 Å². The molecule has 9 heteroatoms. The summed E-state index contributed by atoms with van der Waals surface area (Å²) in [6.45, 7) is 4.66. The molecule has 0 unspecified atom stereocenters. The lowest BCUT2D eigenvalue weighted by Crippen LogP contribution is -2.46. The molecule has 0 bridgehead atoms. The summed E-state index contributed by atoms with van der Waals surface area (Å²) in [4.78, 5) is 28.7. The maximum absolute atomic E-state index is 14.5. The zero-order valence-electron chi connectivity index (χ0n) is 27.4. The van der Waals surface area contributed by atoms with E-state index in [1.165, 1.54) is 25.3 Å². The highest BCUT2D eigenvalue weighted by Gasteiger charge is 2.32. The molecule has 2 saturated heterocycles. The first-order chi connectivity index (χ1) is 23.8. The number of hydrogen-bond donors (Lipinski definition) is 1. The maximum atomic E-state index is 14.5. The summed E-state index contributed by atoms with van der Waals surface area (Å²) in [5, 5.41) is 3.78. The number of halogens is 3. The van der Waals surface area contributed by atoms with Crippen LogP contribution < -0.4 is 5.32 Å². The molecule has 6 nitrogen and oxygen atoms in total. The standard InChI is InChI=1S/C40H40F3N5O/c41-40(42,43)32-13-7-11-30(23-32)38-35(27-47-21-16-33(17-22-47)48-19-5-2-6-20-48)37(39(49)45-25-28-9-3-1-4-10-28)34-24-29(14-15-36(34)46-38)31-12-8-18-44-26-31/h1,3-4,7-15,18,23-24,26,33H,2,5-6,16-17,19-22,25,27H2,(H,45,49). The number of nitrogens with zero attached hydrogens (tertiary/aromatic N) is 4. The van der Waals surface area contributed by atoms with Crippen LogP contribution in [-0.2, 0) is 19.3 Å². The Hall–Kier alpha value is -4.60. The minimum absolute atomic E-state index is 0.286. The van der Waals surface area contributed by atoms with Crippen LogP contribution in [-0.4, -0.2) is 57.9 Å². The topological polar surface area (TPSA) is 61.4 Å². The van der Waals surface area contributed by atoms with E-state index in [1.807, 2.05) is 60.7 Å². The van der Waals surface area contributed by atoms with Gasteiger partial charge in [-0.05, 0) is 93.3 Å². The smallest absolute Gasteiger partial charge is 0.348 e. The Labute approximate surface area is 285 Å². The predicted octanol–water partition coefficient (Wildman–Crippen LogP) is 8.36. The number of hydrogen-bond acceptors (Lipinski definition) is 5. The van der Waals surface area contributed by atoms with Crippen LogP contribution in [0, 0.1) is 0 Å². The Morgan fingerprint density at radius 1 is 0.816 bits per heavy atom. The summed E-state index contributed by atoms with van der Waals surface area (Å²) >= 11 is 0. The molecule has 49 heavy (non-hydrogen) atoms. The molecule has 1 amide bonds. The average Bonchev–Trinajstić information content (AvgIpc) is 3.14. The van der Waals surface area contributed by atoms with Gasteiger partial charge in [0.05, 0.1) is 22.3 Å². The summed E-state index contributed by atoms with van der Waals surface area (Å²) in [5.41, 5.74) is 4.32. The van der Waals surface area contributed by atoms with Gasteiger partial charge in [0.25, 0.3) is 5.91 Å². The van der Waals surface area contributed by atoms with E-state index in [4.69, 9.17) is 4.98 Å². The van der Waals surface area contributed by atoms with Gasteiger partial charge in [-0.1, -0.05) is 61.0 Å². The van der Waals surface area contributed by atoms with Gasteiger partial charge in [-0.2, -0.15) is 13.2 Å². The van der Waals surface area contributed by atoms with E-state index in [1.54, 1.807) is 18.5 Å². The number of fused-ring (bicyclic) bond motifs is 1. The fraction of sp³-hybridized carbons (Fsp3) is 0.325. The highest BCUT2D eigenvalue weighted by molar-refractivity contribution is 6.09. The molecule has 3 aromatic carbocycles. The molecule has 2 aliphatic rings. The van der Waals surface area contributed by atoms with Gasteiger partial charge in [0.2, 0.25) is 0 Å². The molecule has 2 fully saturated rings. The van der Waals surface area contributed by atoms with E-state index in [0.717, 1.165) is 67.8 Å². The normalized spacial score (nSPS) is 16.6. The van der Waals surface area contributed by atoms with Crippen LogP contribution in [0.1, 0.15) is 59.2 Å². The molecule has 1 N–H and O–H groups in total. The number of aromatic nitrogens is 2. The number of carbonyl (C=O) groups is 1. The molecule has 0 spiro atoms. The second-order valence-corrected chi connectivity index (χ2v) is 13.1. The molecule has 2 aliphatic heterocycles. The van der Waals surface area contributed by atoms with E-state index in [-0.39, 0.29) is 5.91 Å². The number of carbonyl (C=O) groups excluding carboxylic acids is 1. The van der Waals surface area contributed by atoms with Crippen molar-refractivity contribution in [3.63, 3.8) is 0 Å². The van der Waals surface area contributed by atoms with E-state index in [9.17, 15) is 18.0 Å². The number of alkyl halides is 3. The molecule has 7 rings (SSSR count). The summed E-state index contributed by atoms with van der Waals surface area (Å²) in [7, 11) is 0. The minimum atomic E-state index is -4.52. The Morgan fingerprint density at radius 3 is 2.33 bits per heavy atom. The zero-order chi connectivity index (χ0) is 33.8. The van der Waals surface area contributed by atoms with E-state index in [2.05, 4.69) is 20.1 Å². The molecule has 252 valence electrons. The molecular weight excluding hydrogens is 623 g/mol. The SMILES string of the molecule is O=C(NCc1ccccc1)c1c(CN2CCC(N3CCCCC3)CC2)c(-c2cccc(C(F)(F)F)c2)nc2ccc(-c3cccnc3)cc12. The summed E-state index contributed by atoms with van der Waals surface area (Å²) in [5.74, 6) is -0.286. The van der Waals surface area contributed by atoms with Crippen LogP contribution in [0.25, 0.3) is 33.3 Å². The van der Waals surface area contributed by atoms with Gasteiger partial charge in [0.15, 0.2) is 0 Å². The Morgan fingerprint density at radius 2 is 1.59 bits per heavy atom. The Balaban J connectivity index is 1.34. The number of pyridine rings is 2. The largest absolute Gasteiger partial charge is 0.416 e. The van der Waals surface area contributed by atoms with E-state index in [0.29, 0.717) is 52.4 Å². The van der Waals surface area contributed by atoms with Crippen LogP contribution in [0.15, 0.2) is 97.3 Å². The van der Waals surface area contributed by atoms with Gasteiger partial charge in [-0.3, -0.25) is 14.7 Å². The minimum Gasteiger partial charge on any atom is -0.348 e. The van der Waals surface area contributed by atoms with Crippen molar-refractivity contribution in [1.29, 1.82) is 0 Å². The first-order valence-corrected chi connectivity index (χ1v) is 17.2. The number of nitrogens with one attached hydrogen (secondary N) is 1. The molecule has 0 aliphatic carbocycles. The summed E-state index contributed by atoms with van der Waals surface area (Å²) in [6.07, 6.45) is 4.77. The molecular formula is C40H40F3N5O. The van der Waals surface area contributed by atoms with Crippen molar-refractivity contribution in [3.8, 4) is 22.4 Å².